The molecular formula is C30H54BO5. The second-order valence-corrected chi connectivity index (χ2v) is 10.2. The lowest BCUT2D eigenvalue weighted by Gasteiger charge is -2.23. The molecule has 0 aliphatic heterocycles. The molecular weight excluding hydrogens is 451 g/mol. The normalized spacial score (nSPS) is 13.6. The molecule has 0 aromatic heterocycles. The molecule has 1 aromatic rings. The van der Waals surface area contributed by atoms with Crippen LogP contribution in [0.1, 0.15) is 119 Å². The summed E-state index contributed by atoms with van der Waals surface area (Å²) in [5, 5.41) is 9.31. The first-order valence-corrected chi connectivity index (χ1v) is 14.7. The second kappa shape index (κ2) is 20.5. The minimum absolute atomic E-state index is 0.482. The minimum atomic E-state index is 0.482. The molecule has 0 fully saturated rings. The Bertz CT molecular complexity index is 628. The molecule has 1 aromatic carbocycles. The summed E-state index contributed by atoms with van der Waals surface area (Å²) in [6, 6.07) is 3.62. The SMILES string of the molecule is CCCCC(CC)COc1cc(O[B]O)cc(OCC(CC)CCCC)c1OCC(CC)CCCC. The summed E-state index contributed by atoms with van der Waals surface area (Å²) in [7, 11) is 0.702. The van der Waals surface area contributed by atoms with Gasteiger partial charge < -0.3 is 23.9 Å². The summed E-state index contributed by atoms with van der Waals surface area (Å²) in [5.41, 5.74) is 0. The molecule has 3 unspecified atom stereocenters. The van der Waals surface area contributed by atoms with Gasteiger partial charge in [0.15, 0.2) is 11.5 Å². The van der Waals surface area contributed by atoms with Gasteiger partial charge in [0.2, 0.25) is 5.75 Å². The Labute approximate surface area is 222 Å². The fraction of sp³-hybridized carbons (Fsp3) is 0.800. The Balaban J connectivity index is 3.22. The maximum atomic E-state index is 9.31. The predicted molar refractivity (Wildman–Crippen MR) is 151 cm³/mol. The third-order valence-corrected chi connectivity index (χ3v) is 7.23. The highest BCUT2D eigenvalue weighted by Gasteiger charge is 2.21. The maximum absolute atomic E-state index is 9.31. The van der Waals surface area contributed by atoms with Crippen molar-refractivity contribution >= 4 is 7.69 Å². The van der Waals surface area contributed by atoms with E-state index in [4.69, 9.17) is 18.9 Å². The van der Waals surface area contributed by atoms with Crippen LogP contribution in [0.2, 0.25) is 0 Å². The highest BCUT2D eigenvalue weighted by Crippen LogP contribution is 2.42. The molecule has 1 radical (unpaired) electrons. The smallest absolute Gasteiger partial charge is 0.537 e. The zero-order valence-corrected chi connectivity index (χ0v) is 24.2. The number of hydrogen-bond donors (Lipinski definition) is 1. The highest BCUT2D eigenvalue weighted by atomic mass is 16.5. The van der Waals surface area contributed by atoms with Crippen molar-refractivity contribution in [1.29, 1.82) is 0 Å². The summed E-state index contributed by atoms with van der Waals surface area (Å²) in [4.78, 5) is 0. The topological polar surface area (TPSA) is 57.2 Å². The average molecular weight is 506 g/mol. The lowest BCUT2D eigenvalue weighted by atomic mass is 10.0. The largest absolute Gasteiger partial charge is 0.569 e. The number of hydrogen-bond acceptors (Lipinski definition) is 5. The van der Waals surface area contributed by atoms with Gasteiger partial charge in [-0.3, -0.25) is 0 Å². The van der Waals surface area contributed by atoms with Crippen molar-refractivity contribution in [2.24, 2.45) is 17.8 Å². The summed E-state index contributed by atoms with van der Waals surface area (Å²) < 4.78 is 24.6. The van der Waals surface area contributed by atoms with Gasteiger partial charge in [-0.1, -0.05) is 99.3 Å². The van der Waals surface area contributed by atoms with Crippen molar-refractivity contribution in [3.63, 3.8) is 0 Å². The van der Waals surface area contributed by atoms with Gasteiger partial charge >= 0.3 is 7.69 Å². The molecule has 0 aliphatic carbocycles. The van der Waals surface area contributed by atoms with Crippen molar-refractivity contribution in [3.05, 3.63) is 12.1 Å². The summed E-state index contributed by atoms with van der Waals surface area (Å²) in [5.74, 6) is 3.87. The molecule has 0 saturated carbocycles. The van der Waals surface area contributed by atoms with Crippen LogP contribution in [0.15, 0.2) is 12.1 Å². The molecule has 6 heteroatoms. The standard InChI is InChI=1S/C30H54BO5/c1-7-13-16-24(10-4)21-33-28-19-27(36-31-32)20-29(34-22-25(11-5)17-14-8-2)30(28)35-23-26(12-6)18-15-9-3/h19-20,24-26,32H,7-18,21-23H2,1-6H3. The van der Waals surface area contributed by atoms with Gasteiger partial charge in [-0.25, -0.2) is 0 Å². The molecule has 3 atom stereocenters. The van der Waals surface area contributed by atoms with Gasteiger partial charge in [0.25, 0.3) is 0 Å². The van der Waals surface area contributed by atoms with Gasteiger partial charge in [-0.05, 0) is 37.0 Å². The minimum Gasteiger partial charge on any atom is -0.537 e. The summed E-state index contributed by atoms with van der Waals surface area (Å²) in [6.07, 6.45) is 13.9. The van der Waals surface area contributed by atoms with Crippen LogP contribution in [0.5, 0.6) is 23.0 Å². The van der Waals surface area contributed by atoms with Crippen LogP contribution in [-0.2, 0) is 0 Å². The van der Waals surface area contributed by atoms with Gasteiger partial charge in [0, 0.05) is 12.1 Å². The summed E-state index contributed by atoms with van der Waals surface area (Å²) >= 11 is 0. The molecule has 0 bridgehead atoms. The van der Waals surface area contributed by atoms with Crippen LogP contribution >= 0.6 is 0 Å². The first-order valence-electron chi connectivity index (χ1n) is 14.7. The molecule has 1 rings (SSSR count). The van der Waals surface area contributed by atoms with Crippen molar-refractivity contribution in [3.8, 4) is 23.0 Å². The molecule has 5 nitrogen and oxygen atoms in total. The lowest BCUT2D eigenvalue weighted by Crippen LogP contribution is -2.16. The van der Waals surface area contributed by atoms with E-state index >= 15 is 0 Å². The van der Waals surface area contributed by atoms with Gasteiger partial charge in [-0.15, -0.1) is 0 Å². The van der Waals surface area contributed by atoms with Crippen molar-refractivity contribution in [2.45, 2.75) is 119 Å². The van der Waals surface area contributed by atoms with Crippen molar-refractivity contribution < 1.29 is 23.9 Å². The molecule has 207 valence electrons. The molecule has 36 heavy (non-hydrogen) atoms. The van der Waals surface area contributed by atoms with E-state index in [0.717, 1.165) is 38.5 Å². The number of unbranched alkanes of at least 4 members (excludes halogenated alkanes) is 3. The van der Waals surface area contributed by atoms with E-state index in [2.05, 4.69) is 41.5 Å². The Kier molecular flexibility index (Phi) is 18.5. The van der Waals surface area contributed by atoms with E-state index in [1.54, 1.807) is 0 Å². The van der Waals surface area contributed by atoms with Crippen LogP contribution in [0.3, 0.4) is 0 Å². The summed E-state index contributed by atoms with van der Waals surface area (Å²) in [6.45, 7) is 15.2. The zero-order valence-electron chi connectivity index (χ0n) is 24.2. The zero-order chi connectivity index (χ0) is 26.6. The van der Waals surface area contributed by atoms with E-state index in [0.29, 0.717) is 68.3 Å². The first kappa shape index (κ1) is 32.5. The number of rotatable bonds is 23. The fourth-order valence-corrected chi connectivity index (χ4v) is 4.35. The van der Waals surface area contributed by atoms with Crippen LogP contribution in [0, 0.1) is 17.8 Å². The van der Waals surface area contributed by atoms with E-state index in [1.807, 2.05) is 12.1 Å². The van der Waals surface area contributed by atoms with Crippen LogP contribution in [0.4, 0.5) is 0 Å². The van der Waals surface area contributed by atoms with E-state index < -0.39 is 0 Å². The monoisotopic (exact) mass is 505 g/mol. The van der Waals surface area contributed by atoms with Crippen molar-refractivity contribution in [1.82, 2.24) is 0 Å². The van der Waals surface area contributed by atoms with E-state index in [9.17, 15) is 5.02 Å². The fourth-order valence-electron chi connectivity index (χ4n) is 4.35. The van der Waals surface area contributed by atoms with Crippen LogP contribution < -0.4 is 18.9 Å². The maximum Gasteiger partial charge on any atom is 0.569 e. The Morgan fingerprint density at radius 1 is 0.639 bits per heavy atom. The molecule has 0 amide bonds. The molecule has 0 aliphatic rings. The Morgan fingerprint density at radius 2 is 1.03 bits per heavy atom. The second-order valence-electron chi connectivity index (χ2n) is 10.2. The van der Waals surface area contributed by atoms with Crippen molar-refractivity contribution in [2.75, 3.05) is 19.8 Å². The first-order chi connectivity index (χ1) is 17.6. The molecule has 0 saturated heterocycles. The number of ether oxygens (including phenoxy) is 3. The Morgan fingerprint density at radius 3 is 1.36 bits per heavy atom. The molecule has 0 heterocycles. The number of benzene rings is 1. The molecule has 0 spiro atoms. The third kappa shape index (κ3) is 12.6. The Hall–Kier alpha value is -1.56. The predicted octanol–water partition coefficient (Wildman–Crippen LogP) is 8.38. The average Bonchev–Trinajstić information content (AvgIpc) is 2.90. The van der Waals surface area contributed by atoms with Crippen LogP contribution in [-0.4, -0.2) is 32.5 Å². The van der Waals surface area contributed by atoms with E-state index in [1.165, 1.54) is 38.5 Å². The quantitative estimate of drug-likeness (QED) is 0.151. The van der Waals surface area contributed by atoms with Gasteiger partial charge in [0.05, 0.1) is 19.8 Å². The lowest BCUT2D eigenvalue weighted by molar-refractivity contribution is 0.180. The van der Waals surface area contributed by atoms with E-state index in [-0.39, 0.29) is 0 Å². The third-order valence-electron chi connectivity index (χ3n) is 7.23. The van der Waals surface area contributed by atoms with Gasteiger partial charge in [0.1, 0.15) is 5.75 Å². The van der Waals surface area contributed by atoms with Crippen LogP contribution in [0.25, 0.3) is 0 Å². The van der Waals surface area contributed by atoms with Gasteiger partial charge in [-0.2, -0.15) is 0 Å². The highest BCUT2D eigenvalue weighted by molar-refractivity contribution is 6.17. The molecule has 1 N–H and O–H groups in total.